The van der Waals surface area contributed by atoms with Gasteiger partial charge in [-0.25, -0.2) is 19.2 Å². The molecule has 67 heavy (non-hydrogen) atoms. The van der Waals surface area contributed by atoms with Crippen LogP contribution < -0.4 is 5.32 Å². The minimum atomic E-state index is -2.44. The number of Topliss-reactive ketones (excluding diaryl/α,β-unsaturated/α-hetero) is 1. The highest BCUT2D eigenvalue weighted by Crippen LogP contribution is 2.64. The van der Waals surface area contributed by atoms with Gasteiger partial charge in [0.25, 0.3) is 0 Å². The highest BCUT2D eigenvalue weighted by molar-refractivity contribution is 8.76. The molecule has 18 heteroatoms. The average molecular weight is 968 g/mol. The SMILES string of the molecule is CSSc1cccc(C(=O)O[C@H]2C(=O)[C@@]3(C)[C@H]([C@H](OC(=O)c4ccccc4)[C@]4(O)C[C@H](OC(=O)[C@H](O)[C@H](C=C(C)C)NC(=O)OC(C)(C)C)C(C)=C2C4(C)C)[C@]2(OC(C)=O)CO[C@@H]2C[C@@H]3O)c1. The van der Waals surface area contributed by atoms with E-state index in [1.807, 2.05) is 6.26 Å². The number of hydrogen-bond donors (Lipinski definition) is 4. The molecule has 1 amide bonds. The fourth-order valence-electron chi connectivity index (χ4n) is 10.2. The number of ketones is 1. The Bertz CT molecular complexity index is 2340. The minimum absolute atomic E-state index is 0.0320. The Hall–Kier alpha value is -4.72. The Balaban J connectivity index is 1.58. The first-order valence-corrected chi connectivity index (χ1v) is 24.6. The quantitative estimate of drug-likeness (QED) is 0.0816. The molecule has 2 aromatic carbocycles. The van der Waals surface area contributed by atoms with Crippen molar-refractivity contribution < 1.29 is 72.5 Å². The van der Waals surface area contributed by atoms with Gasteiger partial charge in [0, 0.05) is 30.1 Å². The van der Waals surface area contributed by atoms with Crippen LogP contribution in [0.25, 0.3) is 0 Å². The summed E-state index contributed by atoms with van der Waals surface area (Å²) in [5.41, 5.74) is -8.15. The number of benzene rings is 2. The summed E-state index contributed by atoms with van der Waals surface area (Å²) in [4.78, 5) is 85.9. The number of fused-ring (bicyclic) bond motifs is 5. The fourth-order valence-corrected chi connectivity index (χ4v) is 11.6. The number of aliphatic hydroxyl groups excluding tert-OH is 2. The molecule has 11 atom stereocenters. The monoisotopic (exact) mass is 967 g/mol. The zero-order valence-corrected chi connectivity index (χ0v) is 41.2. The van der Waals surface area contributed by atoms with Crippen molar-refractivity contribution in [3.05, 3.63) is 88.5 Å². The van der Waals surface area contributed by atoms with Gasteiger partial charge in [-0.1, -0.05) is 71.3 Å². The molecule has 16 nitrogen and oxygen atoms in total. The molecule has 3 fully saturated rings. The Labute approximate surface area is 398 Å². The molecule has 1 heterocycles. The molecule has 2 bridgehead atoms. The van der Waals surface area contributed by atoms with Crippen LogP contribution in [0, 0.1) is 16.7 Å². The Kier molecular flexibility index (Phi) is 14.9. The van der Waals surface area contributed by atoms with Crippen molar-refractivity contribution in [2.45, 2.75) is 146 Å². The van der Waals surface area contributed by atoms with Gasteiger partial charge < -0.3 is 49.1 Å². The first-order chi connectivity index (χ1) is 31.2. The van der Waals surface area contributed by atoms with E-state index in [4.69, 9.17) is 28.4 Å². The molecule has 1 aliphatic heterocycles. The van der Waals surface area contributed by atoms with Crippen molar-refractivity contribution in [1.82, 2.24) is 5.32 Å². The molecule has 4 aliphatic rings. The van der Waals surface area contributed by atoms with E-state index in [1.54, 1.807) is 84.9 Å². The average Bonchev–Trinajstić information content (AvgIpc) is 3.23. The Morgan fingerprint density at radius 3 is 2.16 bits per heavy atom. The molecule has 4 N–H and O–H groups in total. The number of nitrogens with one attached hydrogen (secondary N) is 1. The second-order valence-electron chi connectivity index (χ2n) is 19.6. The summed E-state index contributed by atoms with van der Waals surface area (Å²) in [6.45, 7) is 15.2. The first kappa shape index (κ1) is 51.7. The smallest absolute Gasteiger partial charge is 0.408 e. The van der Waals surface area contributed by atoms with E-state index in [0.717, 1.165) is 6.92 Å². The summed E-state index contributed by atoms with van der Waals surface area (Å²) >= 11 is 0. The van der Waals surface area contributed by atoms with Gasteiger partial charge in [-0.3, -0.25) is 9.59 Å². The number of amides is 1. The van der Waals surface area contributed by atoms with Crippen LogP contribution in [0.15, 0.2) is 82.3 Å². The van der Waals surface area contributed by atoms with Crippen LogP contribution in [0.3, 0.4) is 0 Å². The zero-order chi connectivity index (χ0) is 49.6. The van der Waals surface area contributed by atoms with E-state index in [-0.39, 0.29) is 35.3 Å². The van der Waals surface area contributed by atoms with Crippen molar-refractivity contribution in [3.8, 4) is 0 Å². The van der Waals surface area contributed by atoms with E-state index in [1.165, 1.54) is 59.7 Å². The van der Waals surface area contributed by atoms with Crippen LogP contribution in [-0.4, -0.2) is 123 Å². The molecule has 2 aromatic rings. The van der Waals surface area contributed by atoms with Crippen LogP contribution in [0.5, 0.6) is 0 Å². The zero-order valence-electron chi connectivity index (χ0n) is 39.6. The molecule has 6 rings (SSSR count). The summed E-state index contributed by atoms with van der Waals surface area (Å²) in [6.07, 6.45) is -8.46. The molecule has 1 saturated heterocycles. The maximum absolute atomic E-state index is 16.0. The second-order valence-corrected chi connectivity index (χ2v) is 22.1. The predicted octanol–water partition coefficient (Wildman–Crippen LogP) is 6.09. The first-order valence-electron chi connectivity index (χ1n) is 22.0. The predicted molar refractivity (Wildman–Crippen MR) is 247 cm³/mol. The summed E-state index contributed by atoms with van der Waals surface area (Å²) in [6, 6.07) is 13.0. The molecule has 0 unspecified atom stereocenters. The van der Waals surface area contributed by atoms with E-state index < -0.39 is 118 Å². The molecule has 0 spiro atoms. The van der Waals surface area contributed by atoms with Gasteiger partial charge in [0.1, 0.15) is 29.5 Å². The lowest BCUT2D eigenvalue weighted by Gasteiger charge is -2.67. The highest BCUT2D eigenvalue weighted by Gasteiger charge is 2.78. The van der Waals surface area contributed by atoms with E-state index in [0.29, 0.717) is 10.5 Å². The third kappa shape index (κ3) is 9.79. The van der Waals surface area contributed by atoms with Gasteiger partial charge in [0.05, 0.1) is 41.2 Å². The van der Waals surface area contributed by atoms with Crippen molar-refractivity contribution in [3.63, 3.8) is 0 Å². The normalized spacial score (nSPS) is 30.6. The van der Waals surface area contributed by atoms with Crippen LogP contribution in [-0.2, 0) is 42.8 Å². The van der Waals surface area contributed by atoms with Crippen molar-refractivity contribution in [2.75, 3.05) is 12.9 Å². The lowest BCUT2D eigenvalue weighted by molar-refractivity contribution is -0.345. The van der Waals surface area contributed by atoms with Crippen molar-refractivity contribution in [2.24, 2.45) is 16.7 Å². The number of carbonyl (C=O) groups is 6. The van der Waals surface area contributed by atoms with Crippen LogP contribution in [0.2, 0.25) is 0 Å². The van der Waals surface area contributed by atoms with Gasteiger partial charge in [-0.15, -0.1) is 0 Å². The summed E-state index contributed by atoms with van der Waals surface area (Å²) in [7, 11) is 2.83. The number of ether oxygens (including phenoxy) is 6. The molecule has 3 aliphatic carbocycles. The van der Waals surface area contributed by atoms with Gasteiger partial charge in [-0.2, -0.15) is 0 Å². The fraction of sp³-hybridized carbons (Fsp3) is 0.551. The summed E-state index contributed by atoms with van der Waals surface area (Å²) < 4.78 is 36.3. The molecule has 0 radical (unpaired) electrons. The summed E-state index contributed by atoms with van der Waals surface area (Å²) in [5.74, 6) is -6.41. The number of carbonyl (C=O) groups excluding carboxylic acids is 6. The molecule has 0 aromatic heterocycles. The summed E-state index contributed by atoms with van der Waals surface area (Å²) in [5, 5.41) is 40.3. The topological polar surface area (TPSA) is 231 Å². The van der Waals surface area contributed by atoms with Gasteiger partial charge in [0.2, 0.25) is 0 Å². The van der Waals surface area contributed by atoms with Gasteiger partial charge in [-0.05, 0) is 96.2 Å². The maximum atomic E-state index is 16.0. The Morgan fingerprint density at radius 1 is 0.940 bits per heavy atom. The van der Waals surface area contributed by atoms with Crippen LogP contribution in [0.4, 0.5) is 4.79 Å². The number of alkyl carbamates (subject to hydrolysis) is 1. The standard InChI is InChI=1S/C49H61NO15S2/c1-25(2)20-31(50-44(58)65-45(5,6)7)36(53)43(57)61-32-23-49(59)40(63-41(55)28-16-13-12-14-17-28)38-47(10,33(52)22-34-48(38,24-60-34)64-27(4)51)39(54)37(35(26(32)3)46(49,8)9)62-42(56)29-18-15-19-30(21-29)67-66-11/h12-21,31-34,36-38,40,52-53,59H,22-24H2,1-11H3,(H,50,58)/t31-,32-,33-,34+,36+,37+,38-,40-,47+,48-,49+/m0/s1. The number of allylic oxidation sites excluding steroid dienone is 1. The lowest BCUT2D eigenvalue weighted by atomic mass is 9.44. The molecular weight excluding hydrogens is 907 g/mol. The molecule has 364 valence electrons. The maximum Gasteiger partial charge on any atom is 0.408 e. The van der Waals surface area contributed by atoms with Crippen molar-refractivity contribution >= 4 is 57.3 Å². The number of rotatable bonds is 12. The highest BCUT2D eigenvalue weighted by atomic mass is 33.1. The van der Waals surface area contributed by atoms with Gasteiger partial charge >= 0.3 is 30.0 Å². The van der Waals surface area contributed by atoms with Crippen LogP contribution >= 0.6 is 21.6 Å². The van der Waals surface area contributed by atoms with Gasteiger partial charge in [0.15, 0.2) is 23.6 Å². The second kappa shape index (κ2) is 19.3. The number of hydrogen-bond acceptors (Lipinski definition) is 17. The van der Waals surface area contributed by atoms with E-state index in [2.05, 4.69) is 5.32 Å². The van der Waals surface area contributed by atoms with Crippen LogP contribution in [0.1, 0.15) is 103 Å². The third-order valence-electron chi connectivity index (χ3n) is 13.4. The molecule has 2 saturated carbocycles. The minimum Gasteiger partial charge on any atom is -0.456 e. The number of esters is 4. The lowest BCUT2D eigenvalue weighted by Crippen LogP contribution is -2.82. The largest absolute Gasteiger partial charge is 0.456 e. The van der Waals surface area contributed by atoms with E-state index in [9.17, 15) is 39.3 Å². The van der Waals surface area contributed by atoms with E-state index >= 15 is 4.79 Å². The Morgan fingerprint density at radius 2 is 1.58 bits per heavy atom. The van der Waals surface area contributed by atoms with Crippen molar-refractivity contribution in [1.29, 1.82) is 0 Å². The molecular formula is C49H61NO15S2. The third-order valence-corrected chi connectivity index (χ3v) is 15.1. The number of aliphatic hydroxyl groups is 3.